The number of esters is 1. The first-order valence-corrected chi connectivity index (χ1v) is 8.76. The van der Waals surface area contributed by atoms with Crippen LogP contribution in [0.2, 0.25) is 0 Å². The second-order valence-corrected chi connectivity index (χ2v) is 6.47. The second kappa shape index (κ2) is 7.03. The average molecular weight is 357 g/mol. The number of carbonyl (C=O) groups is 1. The van der Waals surface area contributed by atoms with Crippen LogP contribution in [0.1, 0.15) is 27.4 Å². The predicted octanol–water partition coefficient (Wildman–Crippen LogP) is 4.39. The number of benzene rings is 2. The third-order valence-corrected chi connectivity index (χ3v) is 4.37. The Hall–Kier alpha value is -3.47. The van der Waals surface area contributed by atoms with E-state index in [2.05, 4.69) is 10.1 Å². The maximum absolute atomic E-state index is 12.3. The molecule has 0 aliphatic rings. The van der Waals surface area contributed by atoms with E-state index in [-0.39, 0.29) is 6.61 Å². The van der Waals surface area contributed by atoms with E-state index in [1.165, 1.54) is 0 Å². The molecule has 0 saturated carbocycles. The number of ether oxygens (including phenoxy) is 1. The van der Waals surface area contributed by atoms with Crippen LogP contribution in [0.25, 0.3) is 16.6 Å². The number of hydrogen-bond acceptors (Lipinski definition) is 4. The molecule has 0 bridgehead atoms. The molecular weight excluding hydrogens is 338 g/mol. The quantitative estimate of drug-likeness (QED) is 0.508. The highest BCUT2D eigenvalue weighted by molar-refractivity contribution is 5.91. The summed E-state index contributed by atoms with van der Waals surface area (Å²) in [5.74, 6) is -0.427. The van der Waals surface area contributed by atoms with E-state index < -0.39 is 5.97 Å². The maximum atomic E-state index is 12.3. The standard InChI is InChI=1S/C22H19N3O2/c1-15-13-16(2)25(24-15)19-10-7-17(8-11-19)14-27-22(26)21-12-9-18-5-3-4-6-20(18)23-21/h3-13H,14H2,1-2H3. The average Bonchev–Trinajstić information content (AvgIpc) is 3.04. The molecule has 0 spiro atoms. The van der Waals surface area contributed by atoms with Gasteiger partial charge in [-0.05, 0) is 49.7 Å². The van der Waals surface area contributed by atoms with Crippen molar-refractivity contribution in [2.24, 2.45) is 0 Å². The number of aryl methyl sites for hydroxylation is 2. The molecule has 0 unspecified atom stereocenters. The highest BCUT2D eigenvalue weighted by Gasteiger charge is 2.10. The zero-order valence-electron chi connectivity index (χ0n) is 15.2. The van der Waals surface area contributed by atoms with Gasteiger partial charge in [-0.3, -0.25) is 0 Å². The van der Waals surface area contributed by atoms with Gasteiger partial charge in [-0.2, -0.15) is 5.10 Å². The number of nitrogens with zero attached hydrogens (tertiary/aromatic N) is 3. The normalized spacial score (nSPS) is 10.9. The van der Waals surface area contributed by atoms with E-state index in [0.29, 0.717) is 5.69 Å². The highest BCUT2D eigenvalue weighted by Crippen LogP contribution is 2.15. The summed E-state index contributed by atoms with van der Waals surface area (Å²) in [6.07, 6.45) is 0. The Morgan fingerprint density at radius 3 is 2.52 bits per heavy atom. The van der Waals surface area contributed by atoms with Gasteiger partial charge in [0.15, 0.2) is 0 Å². The van der Waals surface area contributed by atoms with Crippen LogP contribution in [0.5, 0.6) is 0 Å². The topological polar surface area (TPSA) is 57.0 Å². The lowest BCUT2D eigenvalue weighted by Crippen LogP contribution is -2.07. The molecule has 5 heteroatoms. The van der Waals surface area contributed by atoms with Gasteiger partial charge in [-0.1, -0.05) is 36.4 Å². The first-order chi connectivity index (χ1) is 13.1. The summed E-state index contributed by atoms with van der Waals surface area (Å²) in [4.78, 5) is 16.7. The lowest BCUT2D eigenvalue weighted by molar-refractivity contribution is 0.0466. The summed E-state index contributed by atoms with van der Waals surface area (Å²) < 4.78 is 7.31. The van der Waals surface area contributed by atoms with Gasteiger partial charge in [0.2, 0.25) is 0 Å². The summed E-state index contributed by atoms with van der Waals surface area (Å²) in [7, 11) is 0. The van der Waals surface area contributed by atoms with Gasteiger partial charge in [0.25, 0.3) is 0 Å². The third-order valence-electron chi connectivity index (χ3n) is 4.37. The molecule has 0 amide bonds. The Bertz CT molecular complexity index is 1110. The summed E-state index contributed by atoms with van der Waals surface area (Å²) in [5, 5.41) is 5.47. The minimum absolute atomic E-state index is 0.199. The number of rotatable bonds is 4. The molecule has 0 aliphatic heterocycles. The Morgan fingerprint density at radius 1 is 1.00 bits per heavy atom. The summed E-state index contributed by atoms with van der Waals surface area (Å²) in [6.45, 7) is 4.19. The lowest BCUT2D eigenvalue weighted by atomic mass is 10.2. The molecule has 4 aromatic rings. The Balaban J connectivity index is 1.44. The molecule has 0 radical (unpaired) electrons. The van der Waals surface area contributed by atoms with Crippen LogP contribution in [0.4, 0.5) is 0 Å². The summed E-state index contributed by atoms with van der Waals surface area (Å²) in [5.41, 5.74) is 5.04. The summed E-state index contributed by atoms with van der Waals surface area (Å²) >= 11 is 0. The second-order valence-electron chi connectivity index (χ2n) is 6.47. The number of hydrogen-bond donors (Lipinski definition) is 0. The Morgan fingerprint density at radius 2 is 1.78 bits per heavy atom. The molecule has 27 heavy (non-hydrogen) atoms. The van der Waals surface area contributed by atoms with Crippen LogP contribution >= 0.6 is 0 Å². The van der Waals surface area contributed by atoms with Gasteiger partial charge in [0.05, 0.1) is 16.9 Å². The van der Waals surface area contributed by atoms with Gasteiger partial charge in [0.1, 0.15) is 12.3 Å². The molecule has 0 fully saturated rings. The number of fused-ring (bicyclic) bond motifs is 1. The van der Waals surface area contributed by atoms with Gasteiger partial charge in [0, 0.05) is 11.1 Å². The lowest BCUT2D eigenvalue weighted by Gasteiger charge is -2.08. The molecule has 0 N–H and O–H groups in total. The molecule has 2 heterocycles. The van der Waals surface area contributed by atoms with Crippen LogP contribution in [-0.4, -0.2) is 20.7 Å². The minimum atomic E-state index is -0.427. The number of carbonyl (C=O) groups excluding carboxylic acids is 1. The van der Waals surface area contributed by atoms with E-state index >= 15 is 0 Å². The van der Waals surface area contributed by atoms with E-state index in [1.807, 2.05) is 79.2 Å². The molecule has 0 atom stereocenters. The number of aromatic nitrogens is 3. The Kier molecular flexibility index (Phi) is 4.42. The third kappa shape index (κ3) is 3.58. The van der Waals surface area contributed by atoms with E-state index in [1.54, 1.807) is 6.07 Å². The molecule has 134 valence electrons. The first-order valence-electron chi connectivity index (χ1n) is 8.76. The van der Waals surface area contributed by atoms with E-state index in [0.717, 1.165) is 33.5 Å². The molecule has 0 aliphatic carbocycles. The smallest absolute Gasteiger partial charge is 0.357 e. The van der Waals surface area contributed by atoms with Crippen molar-refractivity contribution in [2.45, 2.75) is 20.5 Å². The first kappa shape index (κ1) is 17.0. The molecule has 5 nitrogen and oxygen atoms in total. The van der Waals surface area contributed by atoms with Gasteiger partial charge in [-0.25, -0.2) is 14.5 Å². The molecular formula is C22H19N3O2. The molecule has 4 rings (SSSR count). The maximum Gasteiger partial charge on any atom is 0.357 e. The van der Waals surface area contributed by atoms with Crippen molar-refractivity contribution in [1.82, 2.24) is 14.8 Å². The van der Waals surface area contributed by atoms with Crippen molar-refractivity contribution in [1.29, 1.82) is 0 Å². The van der Waals surface area contributed by atoms with Crippen LogP contribution in [0.3, 0.4) is 0 Å². The fraction of sp³-hybridized carbons (Fsp3) is 0.136. The van der Waals surface area contributed by atoms with Crippen LogP contribution in [0, 0.1) is 13.8 Å². The molecule has 2 aromatic carbocycles. The zero-order valence-corrected chi connectivity index (χ0v) is 15.2. The van der Waals surface area contributed by atoms with Crippen molar-refractivity contribution in [3.8, 4) is 5.69 Å². The SMILES string of the molecule is Cc1cc(C)n(-c2ccc(COC(=O)c3ccc4ccccc4n3)cc2)n1. The number of para-hydroxylation sites is 1. The van der Waals surface area contributed by atoms with E-state index in [9.17, 15) is 4.79 Å². The van der Waals surface area contributed by atoms with Gasteiger partial charge < -0.3 is 4.74 Å². The molecule has 0 saturated heterocycles. The van der Waals surface area contributed by atoms with Gasteiger partial charge in [-0.15, -0.1) is 0 Å². The van der Waals surface area contributed by atoms with E-state index in [4.69, 9.17) is 4.74 Å². The monoisotopic (exact) mass is 357 g/mol. The van der Waals surface area contributed by atoms with Crippen molar-refractivity contribution in [3.05, 3.63) is 89.4 Å². The largest absolute Gasteiger partial charge is 0.456 e. The van der Waals surface area contributed by atoms with Crippen molar-refractivity contribution in [3.63, 3.8) is 0 Å². The number of pyridine rings is 1. The highest BCUT2D eigenvalue weighted by atomic mass is 16.5. The van der Waals surface area contributed by atoms with Crippen molar-refractivity contribution >= 4 is 16.9 Å². The molecule has 2 aromatic heterocycles. The summed E-state index contributed by atoms with van der Waals surface area (Å²) in [6, 6.07) is 21.1. The predicted molar refractivity (Wildman–Crippen MR) is 104 cm³/mol. The van der Waals surface area contributed by atoms with Gasteiger partial charge >= 0.3 is 5.97 Å². The van der Waals surface area contributed by atoms with Crippen LogP contribution in [-0.2, 0) is 11.3 Å². The fourth-order valence-electron chi connectivity index (χ4n) is 3.03. The fourth-order valence-corrected chi connectivity index (χ4v) is 3.03. The van der Waals surface area contributed by atoms with Crippen molar-refractivity contribution < 1.29 is 9.53 Å². The zero-order chi connectivity index (χ0) is 18.8. The minimum Gasteiger partial charge on any atom is -0.456 e. The van der Waals surface area contributed by atoms with Crippen LogP contribution in [0.15, 0.2) is 66.7 Å². The van der Waals surface area contributed by atoms with Crippen LogP contribution < -0.4 is 0 Å². The Labute approximate surface area is 157 Å². The van der Waals surface area contributed by atoms with Crippen molar-refractivity contribution in [2.75, 3.05) is 0 Å².